The highest BCUT2D eigenvalue weighted by Gasteiger charge is 2.19. The minimum Gasteiger partial charge on any atom is -0.495 e. The van der Waals surface area contributed by atoms with Gasteiger partial charge in [0.25, 0.3) is 0 Å². The lowest BCUT2D eigenvalue weighted by Crippen LogP contribution is -2.15. The first kappa shape index (κ1) is 12.3. The average molecular weight is 210 g/mol. The molecule has 1 atom stereocenters. The fourth-order valence-corrected chi connectivity index (χ4v) is 1.88. The van der Waals surface area contributed by atoms with Gasteiger partial charge in [0, 0.05) is 18.4 Å². The molecule has 1 aliphatic rings. The van der Waals surface area contributed by atoms with E-state index in [1.54, 1.807) is 0 Å². The third-order valence-electron chi connectivity index (χ3n) is 2.95. The molecule has 15 heavy (non-hydrogen) atoms. The molecule has 0 fully saturated rings. The molecular weight excluding hydrogens is 188 g/mol. The third kappa shape index (κ3) is 3.69. The molecule has 1 rings (SSSR count). The lowest BCUT2D eigenvalue weighted by molar-refractivity contribution is -0.116. The van der Waals surface area contributed by atoms with Crippen LogP contribution < -0.4 is 0 Å². The van der Waals surface area contributed by atoms with Gasteiger partial charge in [-0.25, -0.2) is 0 Å². The van der Waals surface area contributed by atoms with E-state index in [9.17, 15) is 4.79 Å². The van der Waals surface area contributed by atoms with Gasteiger partial charge in [-0.1, -0.05) is 19.8 Å². The number of unbranched alkanes of at least 4 members (excludes halogenated alkanes) is 1. The zero-order valence-electron chi connectivity index (χ0n) is 10.1. The van der Waals surface area contributed by atoms with E-state index >= 15 is 0 Å². The number of hydrogen-bond donors (Lipinski definition) is 0. The Labute approximate surface area is 92.7 Å². The van der Waals surface area contributed by atoms with Gasteiger partial charge in [0.1, 0.15) is 5.76 Å². The van der Waals surface area contributed by atoms with Crippen molar-refractivity contribution in [1.29, 1.82) is 0 Å². The molecule has 0 saturated heterocycles. The number of ketones is 1. The molecule has 1 aliphatic carbocycles. The SMILES string of the molecule is CCCCC(C)OC1=C(C)C(=O)CCC1. The second-order valence-corrected chi connectivity index (χ2v) is 4.40. The van der Waals surface area contributed by atoms with Gasteiger partial charge in [-0.05, 0) is 26.7 Å². The van der Waals surface area contributed by atoms with E-state index in [0.29, 0.717) is 6.42 Å². The number of carbonyl (C=O) groups is 1. The summed E-state index contributed by atoms with van der Waals surface area (Å²) in [6.07, 6.45) is 6.32. The first-order valence-electron chi connectivity index (χ1n) is 6.04. The highest BCUT2D eigenvalue weighted by atomic mass is 16.5. The highest BCUT2D eigenvalue weighted by Crippen LogP contribution is 2.24. The van der Waals surface area contributed by atoms with Gasteiger partial charge in [0.05, 0.1) is 6.10 Å². The number of rotatable bonds is 5. The molecule has 86 valence electrons. The number of Topliss-reactive ketones (excluding diaryl/α,β-unsaturated/α-hetero) is 1. The van der Waals surface area contributed by atoms with E-state index in [-0.39, 0.29) is 11.9 Å². The number of carbonyl (C=O) groups excluding carboxylic acids is 1. The quantitative estimate of drug-likeness (QED) is 0.693. The van der Waals surface area contributed by atoms with Crippen molar-refractivity contribution in [3.8, 4) is 0 Å². The maximum atomic E-state index is 11.5. The van der Waals surface area contributed by atoms with E-state index in [4.69, 9.17) is 4.74 Å². The van der Waals surface area contributed by atoms with E-state index in [1.807, 2.05) is 6.92 Å². The second-order valence-electron chi connectivity index (χ2n) is 4.40. The van der Waals surface area contributed by atoms with Crippen LogP contribution in [-0.2, 0) is 9.53 Å². The molecule has 0 N–H and O–H groups in total. The normalized spacial score (nSPS) is 19.3. The Morgan fingerprint density at radius 1 is 1.40 bits per heavy atom. The predicted octanol–water partition coefficient (Wildman–Crippen LogP) is 3.61. The van der Waals surface area contributed by atoms with Crippen molar-refractivity contribution in [3.05, 3.63) is 11.3 Å². The largest absolute Gasteiger partial charge is 0.495 e. The average Bonchev–Trinajstić information content (AvgIpc) is 2.22. The van der Waals surface area contributed by atoms with Crippen molar-refractivity contribution in [1.82, 2.24) is 0 Å². The molecule has 0 bridgehead atoms. The summed E-state index contributed by atoms with van der Waals surface area (Å²) in [5.74, 6) is 1.20. The molecule has 0 aromatic rings. The van der Waals surface area contributed by atoms with Gasteiger partial charge >= 0.3 is 0 Å². The smallest absolute Gasteiger partial charge is 0.161 e. The number of allylic oxidation sites excluding steroid dienone is 2. The molecule has 0 saturated carbocycles. The van der Waals surface area contributed by atoms with Crippen LogP contribution in [0.3, 0.4) is 0 Å². The minimum absolute atomic E-state index is 0.251. The van der Waals surface area contributed by atoms with Crippen molar-refractivity contribution in [2.75, 3.05) is 0 Å². The Hall–Kier alpha value is -0.790. The van der Waals surface area contributed by atoms with Crippen LogP contribution in [-0.4, -0.2) is 11.9 Å². The summed E-state index contributed by atoms with van der Waals surface area (Å²) in [4.78, 5) is 11.5. The summed E-state index contributed by atoms with van der Waals surface area (Å²) in [6.45, 7) is 6.17. The molecule has 0 heterocycles. The van der Waals surface area contributed by atoms with Crippen molar-refractivity contribution >= 4 is 5.78 Å². The van der Waals surface area contributed by atoms with Gasteiger partial charge in [-0.3, -0.25) is 4.79 Å². The lowest BCUT2D eigenvalue weighted by Gasteiger charge is -2.22. The molecule has 0 spiro atoms. The number of hydrogen-bond acceptors (Lipinski definition) is 2. The van der Waals surface area contributed by atoms with Crippen molar-refractivity contribution in [2.24, 2.45) is 0 Å². The van der Waals surface area contributed by atoms with Crippen LogP contribution in [0.15, 0.2) is 11.3 Å². The summed E-state index contributed by atoms with van der Waals surface area (Å²) in [7, 11) is 0. The second kappa shape index (κ2) is 5.94. The Morgan fingerprint density at radius 2 is 2.13 bits per heavy atom. The lowest BCUT2D eigenvalue weighted by atomic mass is 9.97. The molecule has 0 aromatic carbocycles. The summed E-state index contributed by atoms with van der Waals surface area (Å²) < 4.78 is 5.83. The van der Waals surface area contributed by atoms with E-state index in [0.717, 1.165) is 30.6 Å². The minimum atomic E-state index is 0.251. The maximum absolute atomic E-state index is 11.5. The Bertz CT molecular complexity index is 253. The van der Waals surface area contributed by atoms with Crippen molar-refractivity contribution in [2.45, 2.75) is 65.4 Å². The summed E-state index contributed by atoms with van der Waals surface area (Å²) >= 11 is 0. The third-order valence-corrected chi connectivity index (χ3v) is 2.95. The zero-order chi connectivity index (χ0) is 11.3. The van der Waals surface area contributed by atoms with Crippen molar-refractivity contribution < 1.29 is 9.53 Å². The Kier molecular flexibility index (Phi) is 4.86. The Balaban J connectivity index is 2.49. The van der Waals surface area contributed by atoms with Gasteiger partial charge in [-0.15, -0.1) is 0 Å². The van der Waals surface area contributed by atoms with Crippen LogP contribution in [0.5, 0.6) is 0 Å². The van der Waals surface area contributed by atoms with Crippen molar-refractivity contribution in [3.63, 3.8) is 0 Å². The van der Waals surface area contributed by atoms with Crippen LogP contribution in [0, 0.1) is 0 Å². The molecular formula is C13H22O2. The fourth-order valence-electron chi connectivity index (χ4n) is 1.88. The molecule has 0 aliphatic heterocycles. The fraction of sp³-hybridized carbons (Fsp3) is 0.769. The molecule has 2 nitrogen and oxygen atoms in total. The topological polar surface area (TPSA) is 26.3 Å². The number of ether oxygens (including phenoxy) is 1. The van der Waals surface area contributed by atoms with E-state index < -0.39 is 0 Å². The van der Waals surface area contributed by atoms with Crippen LogP contribution in [0.1, 0.15) is 59.3 Å². The maximum Gasteiger partial charge on any atom is 0.161 e. The van der Waals surface area contributed by atoms with Crippen LogP contribution in [0.2, 0.25) is 0 Å². The van der Waals surface area contributed by atoms with Crippen LogP contribution in [0.4, 0.5) is 0 Å². The Morgan fingerprint density at radius 3 is 2.80 bits per heavy atom. The molecule has 0 radical (unpaired) electrons. The van der Waals surface area contributed by atoms with Gasteiger partial charge in [0.15, 0.2) is 5.78 Å². The molecule has 0 amide bonds. The van der Waals surface area contributed by atoms with Crippen LogP contribution in [0.25, 0.3) is 0 Å². The first-order chi connectivity index (χ1) is 7.15. The highest BCUT2D eigenvalue weighted by molar-refractivity contribution is 5.95. The van der Waals surface area contributed by atoms with E-state index in [2.05, 4.69) is 13.8 Å². The molecule has 2 heteroatoms. The standard InChI is InChI=1S/C13H22O2/c1-4-5-7-10(2)15-13-9-6-8-12(14)11(13)3/h10H,4-9H2,1-3H3. The van der Waals surface area contributed by atoms with Gasteiger partial charge in [0.2, 0.25) is 0 Å². The van der Waals surface area contributed by atoms with E-state index in [1.165, 1.54) is 12.8 Å². The van der Waals surface area contributed by atoms with Crippen LogP contribution >= 0.6 is 0 Å². The van der Waals surface area contributed by atoms with Gasteiger partial charge < -0.3 is 4.74 Å². The zero-order valence-corrected chi connectivity index (χ0v) is 10.1. The monoisotopic (exact) mass is 210 g/mol. The summed E-state index contributed by atoms with van der Waals surface area (Å²) in [5.41, 5.74) is 0.851. The first-order valence-corrected chi connectivity index (χ1v) is 6.04. The predicted molar refractivity (Wildman–Crippen MR) is 61.6 cm³/mol. The molecule has 0 aromatic heterocycles. The molecule has 1 unspecified atom stereocenters. The van der Waals surface area contributed by atoms with Gasteiger partial charge in [-0.2, -0.15) is 0 Å². The summed E-state index contributed by atoms with van der Waals surface area (Å²) in [6, 6.07) is 0. The summed E-state index contributed by atoms with van der Waals surface area (Å²) in [5, 5.41) is 0.